The zero-order valence-corrected chi connectivity index (χ0v) is 12.4. The lowest BCUT2D eigenvalue weighted by atomic mass is 10.1. The molecule has 0 aliphatic carbocycles. The molecule has 0 aliphatic rings. The summed E-state index contributed by atoms with van der Waals surface area (Å²) in [5, 5.41) is 9.20. The van der Waals surface area contributed by atoms with E-state index in [0.29, 0.717) is 0 Å². The minimum Gasteiger partial charge on any atom is -0.399 e. The highest BCUT2D eigenvalue weighted by atomic mass is 15.1. The van der Waals surface area contributed by atoms with Crippen molar-refractivity contribution >= 4 is 5.69 Å². The van der Waals surface area contributed by atoms with Gasteiger partial charge in [-0.3, -0.25) is 4.90 Å². The second kappa shape index (κ2) is 7.47. The molecule has 0 amide bonds. The van der Waals surface area contributed by atoms with E-state index in [9.17, 15) is 5.26 Å². The lowest BCUT2D eigenvalue weighted by Gasteiger charge is -2.22. The van der Waals surface area contributed by atoms with E-state index >= 15 is 0 Å². The largest absolute Gasteiger partial charge is 0.399 e. The third-order valence-corrected chi connectivity index (χ3v) is 3.46. The van der Waals surface area contributed by atoms with Crippen molar-refractivity contribution in [1.82, 2.24) is 4.90 Å². The molecule has 0 heterocycles. The number of benzene rings is 2. The smallest absolute Gasteiger partial charge is 0.0995 e. The number of nitrogens with two attached hydrogens (primary N) is 1. The quantitative estimate of drug-likeness (QED) is 0.823. The molecule has 0 saturated carbocycles. The van der Waals surface area contributed by atoms with Gasteiger partial charge >= 0.3 is 0 Å². The van der Waals surface area contributed by atoms with Crippen molar-refractivity contribution in [3.05, 3.63) is 65.2 Å². The summed E-state index contributed by atoms with van der Waals surface area (Å²) in [7, 11) is 0. The van der Waals surface area contributed by atoms with Gasteiger partial charge in [0.1, 0.15) is 0 Å². The first-order valence-electron chi connectivity index (χ1n) is 7.27. The van der Waals surface area contributed by atoms with Crippen LogP contribution in [0.2, 0.25) is 0 Å². The molecule has 0 bridgehead atoms. The maximum absolute atomic E-state index is 9.20. The van der Waals surface area contributed by atoms with Gasteiger partial charge in [-0.1, -0.05) is 37.3 Å². The Balaban J connectivity index is 2.12. The molecule has 108 valence electrons. The van der Waals surface area contributed by atoms with Crippen molar-refractivity contribution < 1.29 is 0 Å². The van der Waals surface area contributed by atoms with Crippen molar-refractivity contribution in [1.29, 1.82) is 5.26 Å². The van der Waals surface area contributed by atoms with Crippen LogP contribution in [0.15, 0.2) is 48.5 Å². The summed E-state index contributed by atoms with van der Waals surface area (Å²) in [6, 6.07) is 18.1. The Labute approximate surface area is 126 Å². The topological polar surface area (TPSA) is 53.0 Å². The van der Waals surface area contributed by atoms with Crippen molar-refractivity contribution in [3.63, 3.8) is 0 Å². The van der Waals surface area contributed by atoms with Crippen molar-refractivity contribution in [2.75, 3.05) is 12.3 Å². The molecule has 0 unspecified atom stereocenters. The van der Waals surface area contributed by atoms with Gasteiger partial charge in [0.25, 0.3) is 0 Å². The number of hydrogen-bond acceptors (Lipinski definition) is 3. The molecule has 2 N–H and O–H groups in total. The SMILES string of the molecule is CCCN(Cc1ccc(N)cc1)Cc1ccccc1C#N. The van der Waals surface area contributed by atoms with Gasteiger partial charge in [-0.05, 0) is 42.3 Å². The van der Waals surface area contributed by atoms with Gasteiger partial charge in [-0.2, -0.15) is 5.26 Å². The van der Waals surface area contributed by atoms with Crippen LogP contribution in [0, 0.1) is 11.3 Å². The van der Waals surface area contributed by atoms with Gasteiger partial charge in [0.05, 0.1) is 11.6 Å². The van der Waals surface area contributed by atoms with Gasteiger partial charge in [0.15, 0.2) is 0 Å². The van der Waals surface area contributed by atoms with E-state index in [1.165, 1.54) is 5.56 Å². The molecule has 0 aromatic heterocycles. The fourth-order valence-corrected chi connectivity index (χ4v) is 2.42. The average Bonchev–Trinajstić information content (AvgIpc) is 2.50. The highest BCUT2D eigenvalue weighted by Crippen LogP contribution is 2.15. The Morgan fingerprint density at radius 2 is 1.76 bits per heavy atom. The number of nitriles is 1. The first-order valence-corrected chi connectivity index (χ1v) is 7.27. The van der Waals surface area contributed by atoms with Crippen LogP contribution in [0.4, 0.5) is 5.69 Å². The van der Waals surface area contributed by atoms with Crippen molar-refractivity contribution in [2.45, 2.75) is 26.4 Å². The van der Waals surface area contributed by atoms with E-state index in [1.807, 2.05) is 36.4 Å². The minimum absolute atomic E-state index is 0.760. The van der Waals surface area contributed by atoms with Gasteiger partial charge in [-0.25, -0.2) is 0 Å². The van der Waals surface area contributed by atoms with Gasteiger partial charge in [-0.15, -0.1) is 0 Å². The second-order valence-electron chi connectivity index (χ2n) is 5.22. The molecule has 0 radical (unpaired) electrons. The fraction of sp³-hybridized carbons (Fsp3) is 0.278. The average molecular weight is 279 g/mol. The molecule has 0 saturated heterocycles. The molecule has 2 aromatic carbocycles. The van der Waals surface area contributed by atoms with E-state index in [4.69, 9.17) is 5.73 Å². The maximum Gasteiger partial charge on any atom is 0.0995 e. The molecule has 0 aliphatic heterocycles. The van der Waals surface area contributed by atoms with Gasteiger partial charge in [0, 0.05) is 18.8 Å². The van der Waals surface area contributed by atoms with Crippen LogP contribution < -0.4 is 5.73 Å². The summed E-state index contributed by atoms with van der Waals surface area (Å²) >= 11 is 0. The zero-order valence-electron chi connectivity index (χ0n) is 12.4. The molecular weight excluding hydrogens is 258 g/mol. The maximum atomic E-state index is 9.20. The molecule has 0 spiro atoms. The van der Waals surface area contributed by atoms with Crippen molar-refractivity contribution in [3.8, 4) is 6.07 Å². The summed E-state index contributed by atoms with van der Waals surface area (Å²) in [6.07, 6.45) is 1.09. The molecule has 21 heavy (non-hydrogen) atoms. The molecule has 3 heteroatoms. The predicted molar refractivity (Wildman–Crippen MR) is 86.4 cm³/mol. The zero-order chi connectivity index (χ0) is 15.1. The highest BCUT2D eigenvalue weighted by Gasteiger charge is 2.09. The fourth-order valence-electron chi connectivity index (χ4n) is 2.42. The third-order valence-electron chi connectivity index (χ3n) is 3.46. The first-order chi connectivity index (χ1) is 10.2. The monoisotopic (exact) mass is 279 g/mol. The number of hydrogen-bond donors (Lipinski definition) is 1. The van der Waals surface area contributed by atoms with Crippen LogP contribution in [0.3, 0.4) is 0 Å². The van der Waals surface area contributed by atoms with E-state index in [0.717, 1.165) is 42.9 Å². The molecule has 2 rings (SSSR count). The summed E-state index contributed by atoms with van der Waals surface area (Å²) < 4.78 is 0. The molecular formula is C18H21N3. The summed E-state index contributed by atoms with van der Waals surface area (Å²) in [5.41, 5.74) is 9.61. The number of nitrogen functional groups attached to an aromatic ring is 1. The molecule has 3 nitrogen and oxygen atoms in total. The standard InChI is InChI=1S/C18H21N3/c1-2-11-21(13-15-7-9-18(20)10-8-15)14-17-6-4-3-5-16(17)12-19/h3-10H,2,11,13-14,20H2,1H3. The van der Waals surface area contributed by atoms with Crippen LogP contribution in [0.25, 0.3) is 0 Å². The van der Waals surface area contributed by atoms with E-state index in [1.54, 1.807) is 0 Å². The predicted octanol–water partition coefficient (Wildman–Crippen LogP) is 3.55. The third kappa shape index (κ3) is 4.34. The number of rotatable bonds is 6. The molecule has 0 fully saturated rings. The lowest BCUT2D eigenvalue weighted by molar-refractivity contribution is 0.257. The van der Waals surface area contributed by atoms with Gasteiger partial charge < -0.3 is 5.73 Å². The number of nitrogens with zero attached hydrogens (tertiary/aromatic N) is 2. The number of anilines is 1. The molecule has 2 aromatic rings. The van der Waals surface area contributed by atoms with Crippen LogP contribution in [0.1, 0.15) is 30.0 Å². The second-order valence-corrected chi connectivity index (χ2v) is 5.22. The summed E-state index contributed by atoms with van der Waals surface area (Å²) in [4.78, 5) is 2.36. The highest BCUT2D eigenvalue weighted by molar-refractivity contribution is 5.39. The Hall–Kier alpha value is -2.31. The Bertz CT molecular complexity index is 611. The van der Waals surface area contributed by atoms with E-state index < -0.39 is 0 Å². The summed E-state index contributed by atoms with van der Waals surface area (Å²) in [6.45, 7) is 4.84. The first kappa shape index (κ1) is 15.1. The van der Waals surface area contributed by atoms with E-state index in [-0.39, 0.29) is 0 Å². The Kier molecular flexibility index (Phi) is 5.36. The van der Waals surface area contributed by atoms with Crippen molar-refractivity contribution in [2.24, 2.45) is 0 Å². The van der Waals surface area contributed by atoms with Gasteiger partial charge in [0.2, 0.25) is 0 Å². The Morgan fingerprint density at radius 3 is 2.43 bits per heavy atom. The summed E-state index contributed by atoms with van der Waals surface area (Å²) in [5.74, 6) is 0. The Morgan fingerprint density at radius 1 is 1.05 bits per heavy atom. The lowest BCUT2D eigenvalue weighted by Crippen LogP contribution is -2.24. The molecule has 0 atom stereocenters. The van der Waals surface area contributed by atoms with Crippen LogP contribution in [-0.2, 0) is 13.1 Å². The van der Waals surface area contributed by atoms with Crippen LogP contribution >= 0.6 is 0 Å². The van der Waals surface area contributed by atoms with E-state index in [2.05, 4.69) is 30.0 Å². The van der Waals surface area contributed by atoms with Crippen LogP contribution in [0.5, 0.6) is 0 Å². The normalized spacial score (nSPS) is 10.5. The minimum atomic E-state index is 0.760. The van der Waals surface area contributed by atoms with Crippen LogP contribution in [-0.4, -0.2) is 11.4 Å².